The van der Waals surface area contributed by atoms with Crippen molar-refractivity contribution in [1.82, 2.24) is 0 Å². The van der Waals surface area contributed by atoms with Crippen molar-refractivity contribution in [2.45, 2.75) is 76.4 Å². The van der Waals surface area contributed by atoms with Crippen LogP contribution in [0, 0.1) is 28.6 Å². The first-order chi connectivity index (χ1) is 16.5. The fraction of sp³-hybridized carbons (Fsp3) is 0.607. The van der Waals surface area contributed by atoms with E-state index in [2.05, 4.69) is 0 Å². The van der Waals surface area contributed by atoms with Crippen molar-refractivity contribution in [2.24, 2.45) is 28.6 Å². The van der Waals surface area contributed by atoms with Gasteiger partial charge in [-0.1, -0.05) is 39.3 Å². The number of hydrogen-bond acceptors (Lipinski definition) is 6. The van der Waals surface area contributed by atoms with Crippen molar-refractivity contribution in [3.05, 3.63) is 48.0 Å². The first-order valence-corrected chi connectivity index (χ1v) is 12.9. The third-order valence-corrected chi connectivity index (χ3v) is 10.8. The number of hydrogen-bond donors (Lipinski definition) is 1. The SMILES string of the molecule is CCC(=O)[C@]1(OC(=O)c2ccco2)C(C)C[C@H]2[C@@H]3CCC4=CC(=O)C=C[C@]4(C)[C@]3(Cl)C(O)C[C@@]21C. The van der Waals surface area contributed by atoms with Gasteiger partial charge in [-0.05, 0) is 61.8 Å². The Balaban J connectivity index is 1.61. The van der Waals surface area contributed by atoms with Crippen LogP contribution in [0.25, 0.3) is 0 Å². The molecule has 4 aliphatic rings. The van der Waals surface area contributed by atoms with Crippen LogP contribution in [0.4, 0.5) is 0 Å². The fourth-order valence-corrected chi connectivity index (χ4v) is 8.78. The summed E-state index contributed by atoms with van der Waals surface area (Å²) in [5.41, 5.74) is -1.94. The van der Waals surface area contributed by atoms with Crippen LogP contribution in [0.3, 0.4) is 0 Å². The summed E-state index contributed by atoms with van der Waals surface area (Å²) in [4.78, 5) is 37.9. The number of aliphatic hydroxyl groups is 1. The van der Waals surface area contributed by atoms with Crippen molar-refractivity contribution in [2.75, 3.05) is 0 Å². The Morgan fingerprint density at radius 2 is 2.03 bits per heavy atom. The van der Waals surface area contributed by atoms with E-state index < -0.39 is 33.4 Å². The number of aliphatic hydroxyl groups excluding tert-OH is 1. The minimum absolute atomic E-state index is 0.0487. The average molecular weight is 501 g/mol. The largest absolute Gasteiger partial charge is 0.457 e. The normalized spacial score (nSPS) is 44.2. The molecule has 1 aromatic heterocycles. The van der Waals surface area contributed by atoms with Crippen LogP contribution in [0.5, 0.6) is 0 Å². The maximum atomic E-state index is 13.7. The van der Waals surface area contributed by atoms with E-state index in [0.717, 1.165) is 5.57 Å². The highest BCUT2D eigenvalue weighted by atomic mass is 35.5. The number of alkyl halides is 1. The standard InChI is InChI=1S/C28H33ClO6/c1-5-22(31)28(35-24(33)21-7-6-12-34-21)16(2)13-20-19-9-8-17-14-18(30)10-11-25(17,3)27(19,29)23(32)15-26(20,28)4/h6-7,10-12,14,16,19-20,23,32H,5,8-9,13,15H2,1-4H3/t16?,19-,20-,23?,25-,26-,27+,28+/m0/s1. The van der Waals surface area contributed by atoms with Gasteiger partial charge < -0.3 is 14.3 Å². The van der Waals surface area contributed by atoms with Crippen molar-refractivity contribution in [1.29, 1.82) is 0 Å². The number of ketones is 2. The smallest absolute Gasteiger partial charge is 0.375 e. The highest BCUT2D eigenvalue weighted by Crippen LogP contribution is 2.72. The van der Waals surface area contributed by atoms with Gasteiger partial charge in [0.15, 0.2) is 17.2 Å². The molecule has 7 heteroatoms. The maximum Gasteiger partial charge on any atom is 0.375 e. The monoisotopic (exact) mass is 500 g/mol. The summed E-state index contributed by atoms with van der Waals surface area (Å²) < 4.78 is 11.5. The minimum atomic E-state index is -1.40. The molecule has 5 rings (SSSR count). The number of carbonyl (C=O) groups is 3. The van der Waals surface area contributed by atoms with Crippen LogP contribution < -0.4 is 0 Å². The number of furan rings is 1. The summed E-state index contributed by atoms with van der Waals surface area (Å²) in [5.74, 6) is -1.27. The highest BCUT2D eigenvalue weighted by molar-refractivity contribution is 6.26. The number of allylic oxidation sites excluding steroid dienone is 4. The van der Waals surface area contributed by atoms with Gasteiger partial charge in [0.05, 0.1) is 17.2 Å². The molecule has 0 bridgehead atoms. The predicted octanol–water partition coefficient (Wildman–Crippen LogP) is 5.04. The molecule has 3 saturated carbocycles. The second kappa shape index (κ2) is 7.91. The Labute approximate surface area is 210 Å². The van der Waals surface area contributed by atoms with Crippen LogP contribution in [0.2, 0.25) is 0 Å². The average Bonchev–Trinajstić information content (AvgIpc) is 3.42. The summed E-state index contributed by atoms with van der Waals surface area (Å²) in [6.07, 6.45) is 7.95. The molecule has 1 aromatic rings. The Morgan fingerprint density at radius 1 is 1.29 bits per heavy atom. The van der Waals surface area contributed by atoms with Crippen LogP contribution >= 0.6 is 11.6 Å². The lowest BCUT2D eigenvalue weighted by Crippen LogP contribution is -2.69. The lowest BCUT2D eigenvalue weighted by molar-refractivity contribution is -0.179. The molecule has 0 aliphatic heterocycles. The molecule has 6 nitrogen and oxygen atoms in total. The van der Waals surface area contributed by atoms with Crippen molar-refractivity contribution < 1.29 is 28.6 Å². The van der Waals surface area contributed by atoms with E-state index in [1.165, 1.54) is 12.3 Å². The second-order valence-corrected chi connectivity index (χ2v) is 11.9. The molecule has 0 spiro atoms. The van der Waals surface area contributed by atoms with Gasteiger partial charge in [0.1, 0.15) is 0 Å². The highest BCUT2D eigenvalue weighted by Gasteiger charge is 2.76. The summed E-state index contributed by atoms with van der Waals surface area (Å²) in [6, 6.07) is 3.13. The molecule has 8 atom stereocenters. The molecule has 1 N–H and O–H groups in total. The Morgan fingerprint density at radius 3 is 2.69 bits per heavy atom. The molecule has 188 valence electrons. The molecular formula is C28H33ClO6. The first kappa shape index (κ1) is 24.5. The van der Waals surface area contributed by atoms with Gasteiger partial charge in [0.25, 0.3) is 0 Å². The van der Waals surface area contributed by atoms with Crippen LogP contribution in [-0.2, 0) is 14.3 Å². The van der Waals surface area contributed by atoms with E-state index in [1.807, 2.05) is 26.8 Å². The van der Waals surface area contributed by atoms with E-state index in [0.29, 0.717) is 19.3 Å². The quantitative estimate of drug-likeness (QED) is 0.459. The second-order valence-electron chi connectivity index (χ2n) is 11.3. The fourth-order valence-electron chi connectivity index (χ4n) is 8.25. The van der Waals surface area contributed by atoms with Crippen LogP contribution in [0.15, 0.2) is 46.6 Å². The van der Waals surface area contributed by atoms with Crippen LogP contribution in [-0.4, -0.2) is 39.2 Å². The number of carbonyl (C=O) groups excluding carboxylic acids is 3. The maximum absolute atomic E-state index is 13.7. The number of esters is 1. The molecule has 0 radical (unpaired) electrons. The molecule has 1 heterocycles. The van der Waals surface area contributed by atoms with Crippen molar-refractivity contribution in [3.63, 3.8) is 0 Å². The topological polar surface area (TPSA) is 93.8 Å². The number of ether oxygens (including phenoxy) is 1. The van der Waals surface area contributed by atoms with Gasteiger partial charge in [0.2, 0.25) is 5.76 Å². The van der Waals surface area contributed by atoms with Gasteiger partial charge in [-0.2, -0.15) is 0 Å². The lowest BCUT2D eigenvalue weighted by atomic mass is 9.45. The lowest BCUT2D eigenvalue weighted by Gasteiger charge is -2.64. The van der Waals surface area contributed by atoms with Crippen molar-refractivity contribution >= 4 is 29.1 Å². The van der Waals surface area contributed by atoms with Crippen LogP contribution in [0.1, 0.15) is 70.4 Å². The zero-order chi connectivity index (χ0) is 25.4. The van der Waals surface area contributed by atoms with E-state index in [1.54, 1.807) is 25.1 Å². The molecule has 0 amide bonds. The van der Waals surface area contributed by atoms with E-state index in [4.69, 9.17) is 20.8 Å². The van der Waals surface area contributed by atoms with E-state index in [-0.39, 0.29) is 47.9 Å². The zero-order valence-electron chi connectivity index (χ0n) is 20.7. The number of halogens is 1. The Hall–Kier alpha value is -2.18. The summed E-state index contributed by atoms with van der Waals surface area (Å²) in [6.45, 7) is 7.73. The Kier molecular flexibility index (Phi) is 5.54. The minimum Gasteiger partial charge on any atom is -0.457 e. The van der Waals surface area contributed by atoms with Crippen molar-refractivity contribution in [3.8, 4) is 0 Å². The number of fused-ring (bicyclic) bond motifs is 5. The molecule has 35 heavy (non-hydrogen) atoms. The molecular weight excluding hydrogens is 468 g/mol. The first-order valence-electron chi connectivity index (χ1n) is 12.6. The number of Topliss-reactive ketones (excluding diaryl/α,β-unsaturated/α-hetero) is 1. The Bertz CT molecular complexity index is 1140. The summed E-state index contributed by atoms with van der Waals surface area (Å²) in [5, 5.41) is 11.8. The van der Waals surface area contributed by atoms with Gasteiger partial charge >= 0.3 is 5.97 Å². The van der Waals surface area contributed by atoms with E-state index in [9.17, 15) is 19.5 Å². The third-order valence-electron chi connectivity index (χ3n) is 9.89. The molecule has 4 aliphatic carbocycles. The van der Waals surface area contributed by atoms with Gasteiger partial charge in [0, 0.05) is 23.2 Å². The third kappa shape index (κ3) is 2.96. The van der Waals surface area contributed by atoms with Gasteiger partial charge in [-0.3, -0.25) is 9.59 Å². The summed E-state index contributed by atoms with van der Waals surface area (Å²) in [7, 11) is 0. The summed E-state index contributed by atoms with van der Waals surface area (Å²) >= 11 is 7.50. The molecule has 2 unspecified atom stereocenters. The predicted molar refractivity (Wildman–Crippen MR) is 130 cm³/mol. The van der Waals surface area contributed by atoms with Gasteiger partial charge in [-0.25, -0.2) is 4.79 Å². The van der Waals surface area contributed by atoms with E-state index >= 15 is 0 Å². The molecule has 0 saturated heterocycles. The van der Waals surface area contributed by atoms with Gasteiger partial charge in [-0.15, -0.1) is 11.6 Å². The zero-order valence-corrected chi connectivity index (χ0v) is 21.4. The molecule has 3 fully saturated rings. The molecule has 0 aromatic carbocycles. The number of rotatable bonds is 4.